The fourth-order valence-corrected chi connectivity index (χ4v) is 1.50. The summed E-state index contributed by atoms with van der Waals surface area (Å²) in [6, 6.07) is 4.01. The van der Waals surface area contributed by atoms with Gasteiger partial charge in [0, 0.05) is 6.61 Å². The van der Waals surface area contributed by atoms with Gasteiger partial charge in [0.2, 0.25) is 0 Å². The number of methoxy groups -OCH3 is 1. The predicted octanol–water partition coefficient (Wildman–Crippen LogP) is 2.71. The van der Waals surface area contributed by atoms with Crippen molar-refractivity contribution in [1.82, 2.24) is 0 Å². The van der Waals surface area contributed by atoms with Crippen molar-refractivity contribution in [3.05, 3.63) is 34.9 Å². The summed E-state index contributed by atoms with van der Waals surface area (Å²) in [6.45, 7) is 4.33. The molecule has 1 N–H and O–H groups in total. The molecule has 0 bridgehead atoms. The van der Waals surface area contributed by atoms with E-state index in [1.165, 1.54) is 16.7 Å². The molecule has 15 heavy (non-hydrogen) atoms. The standard InChI is InChI=1S/C13H18O2/c1-10-11(2)13(15-3)8-7-12(10)6-4-5-9-14/h4,6-8,14H,5,9H2,1-3H3. The lowest BCUT2D eigenvalue weighted by molar-refractivity contribution is 0.303. The highest BCUT2D eigenvalue weighted by Crippen LogP contribution is 2.24. The van der Waals surface area contributed by atoms with E-state index in [1.54, 1.807) is 7.11 Å². The van der Waals surface area contributed by atoms with Crippen molar-refractivity contribution in [2.45, 2.75) is 20.3 Å². The Morgan fingerprint density at radius 3 is 2.60 bits per heavy atom. The topological polar surface area (TPSA) is 29.5 Å². The van der Waals surface area contributed by atoms with Crippen molar-refractivity contribution in [2.24, 2.45) is 0 Å². The van der Waals surface area contributed by atoms with E-state index in [0.717, 1.165) is 5.75 Å². The van der Waals surface area contributed by atoms with Crippen molar-refractivity contribution in [3.63, 3.8) is 0 Å². The van der Waals surface area contributed by atoms with Crippen molar-refractivity contribution < 1.29 is 9.84 Å². The molecule has 2 heteroatoms. The van der Waals surface area contributed by atoms with E-state index in [0.29, 0.717) is 6.42 Å². The van der Waals surface area contributed by atoms with Crippen LogP contribution in [0.4, 0.5) is 0 Å². The van der Waals surface area contributed by atoms with Gasteiger partial charge in [-0.3, -0.25) is 0 Å². The zero-order valence-electron chi connectivity index (χ0n) is 9.58. The van der Waals surface area contributed by atoms with Gasteiger partial charge in [0.05, 0.1) is 7.11 Å². The van der Waals surface area contributed by atoms with E-state index < -0.39 is 0 Å². The summed E-state index contributed by atoms with van der Waals surface area (Å²) in [6.07, 6.45) is 4.72. The molecule has 0 amide bonds. The first-order valence-electron chi connectivity index (χ1n) is 5.12. The third-order valence-electron chi connectivity index (χ3n) is 2.59. The minimum absolute atomic E-state index is 0.199. The van der Waals surface area contributed by atoms with Crippen LogP contribution in [0.15, 0.2) is 18.2 Å². The third kappa shape index (κ3) is 2.83. The van der Waals surface area contributed by atoms with Gasteiger partial charge in [0.15, 0.2) is 0 Å². The van der Waals surface area contributed by atoms with Gasteiger partial charge < -0.3 is 9.84 Å². The van der Waals surface area contributed by atoms with Gasteiger partial charge in [-0.1, -0.05) is 18.2 Å². The van der Waals surface area contributed by atoms with Crippen LogP contribution in [0, 0.1) is 13.8 Å². The van der Waals surface area contributed by atoms with Crippen LogP contribution in [0.25, 0.3) is 6.08 Å². The summed E-state index contributed by atoms with van der Waals surface area (Å²) in [7, 11) is 1.68. The molecule has 2 nitrogen and oxygen atoms in total. The molecule has 1 aromatic carbocycles. The van der Waals surface area contributed by atoms with E-state index in [1.807, 2.05) is 24.3 Å². The summed E-state index contributed by atoms with van der Waals surface area (Å²) < 4.78 is 5.24. The van der Waals surface area contributed by atoms with Crippen LogP contribution in [0.5, 0.6) is 5.75 Å². The molecular weight excluding hydrogens is 188 g/mol. The minimum Gasteiger partial charge on any atom is -0.496 e. The number of benzene rings is 1. The van der Waals surface area contributed by atoms with Gasteiger partial charge in [-0.2, -0.15) is 0 Å². The maximum atomic E-state index is 8.68. The molecule has 0 aromatic heterocycles. The second-order valence-electron chi connectivity index (χ2n) is 3.52. The monoisotopic (exact) mass is 206 g/mol. The lowest BCUT2D eigenvalue weighted by Crippen LogP contribution is -1.92. The van der Waals surface area contributed by atoms with E-state index in [4.69, 9.17) is 9.84 Å². The number of hydrogen-bond acceptors (Lipinski definition) is 2. The molecule has 0 aliphatic carbocycles. The summed E-state index contributed by atoms with van der Waals surface area (Å²) >= 11 is 0. The Morgan fingerprint density at radius 1 is 1.27 bits per heavy atom. The Bertz CT molecular complexity index is 354. The van der Waals surface area contributed by atoms with Crippen molar-refractivity contribution in [1.29, 1.82) is 0 Å². The Labute approximate surface area is 91.2 Å². The molecule has 0 radical (unpaired) electrons. The Balaban J connectivity index is 2.96. The van der Waals surface area contributed by atoms with Crippen LogP contribution in [-0.4, -0.2) is 18.8 Å². The normalized spacial score (nSPS) is 10.9. The summed E-state index contributed by atoms with van der Waals surface area (Å²) in [5.74, 6) is 0.923. The van der Waals surface area contributed by atoms with Crippen LogP contribution >= 0.6 is 0 Å². The van der Waals surface area contributed by atoms with Gasteiger partial charge in [-0.25, -0.2) is 0 Å². The average molecular weight is 206 g/mol. The van der Waals surface area contributed by atoms with E-state index in [2.05, 4.69) is 13.8 Å². The lowest BCUT2D eigenvalue weighted by Gasteiger charge is -2.09. The molecule has 0 aliphatic rings. The third-order valence-corrected chi connectivity index (χ3v) is 2.59. The molecule has 0 fully saturated rings. The SMILES string of the molecule is COc1ccc(C=CCCO)c(C)c1C. The molecule has 0 spiro atoms. The highest BCUT2D eigenvalue weighted by molar-refractivity contribution is 5.58. The Kier molecular flexibility index (Phi) is 4.37. The highest BCUT2D eigenvalue weighted by atomic mass is 16.5. The van der Waals surface area contributed by atoms with Gasteiger partial charge in [0.25, 0.3) is 0 Å². The van der Waals surface area contributed by atoms with E-state index in [9.17, 15) is 0 Å². The molecule has 0 aliphatic heterocycles. The van der Waals surface area contributed by atoms with E-state index in [-0.39, 0.29) is 6.61 Å². The average Bonchev–Trinajstić information content (AvgIpc) is 2.25. The summed E-state index contributed by atoms with van der Waals surface area (Å²) in [5, 5.41) is 8.68. The number of hydrogen-bond donors (Lipinski definition) is 1. The van der Waals surface area contributed by atoms with Crippen LogP contribution in [-0.2, 0) is 0 Å². The van der Waals surface area contributed by atoms with Crippen molar-refractivity contribution in [2.75, 3.05) is 13.7 Å². The molecule has 1 rings (SSSR count). The molecule has 82 valence electrons. The second-order valence-corrected chi connectivity index (χ2v) is 3.52. The molecule has 0 heterocycles. The second kappa shape index (κ2) is 5.56. The molecular formula is C13H18O2. The van der Waals surface area contributed by atoms with Gasteiger partial charge in [0.1, 0.15) is 5.75 Å². The number of aliphatic hydroxyl groups excluding tert-OH is 1. The van der Waals surface area contributed by atoms with Gasteiger partial charge in [-0.15, -0.1) is 0 Å². The van der Waals surface area contributed by atoms with Crippen LogP contribution in [0.1, 0.15) is 23.1 Å². The Morgan fingerprint density at radius 2 is 2.00 bits per heavy atom. The minimum atomic E-state index is 0.199. The highest BCUT2D eigenvalue weighted by Gasteiger charge is 2.03. The Hall–Kier alpha value is -1.28. The largest absolute Gasteiger partial charge is 0.496 e. The smallest absolute Gasteiger partial charge is 0.122 e. The van der Waals surface area contributed by atoms with E-state index >= 15 is 0 Å². The maximum absolute atomic E-state index is 8.68. The zero-order valence-corrected chi connectivity index (χ0v) is 9.58. The number of rotatable bonds is 4. The van der Waals surface area contributed by atoms with Gasteiger partial charge in [-0.05, 0) is 43.0 Å². The first-order valence-corrected chi connectivity index (χ1v) is 5.12. The lowest BCUT2D eigenvalue weighted by atomic mass is 10.0. The van der Waals surface area contributed by atoms with Crippen molar-refractivity contribution in [3.8, 4) is 5.75 Å². The first kappa shape index (κ1) is 11.8. The van der Waals surface area contributed by atoms with Gasteiger partial charge >= 0.3 is 0 Å². The summed E-state index contributed by atoms with van der Waals surface area (Å²) in [4.78, 5) is 0. The first-order chi connectivity index (χ1) is 7.20. The molecule has 0 saturated carbocycles. The summed E-state index contributed by atoms with van der Waals surface area (Å²) in [5.41, 5.74) is 3.58. The quantitative estimate of drug-likeness (QED) is 0.820. The fourth-order valence-electron chi connectivity index (χ4n) is 1.50. The number of aliphatic hydroxyl groups is 1. The van der Waals surface area contributed by atoms with Crippen LogP contribution in [0.2, 0.25) is 0 Å². The van der Waals surface area contributed by atoms with Crippen LogP contribution in [0.3, 0.4) is 0 Å². The molecule has 0 atom stereocenters. The fraction of sp³-hybridized carbons (Fsp3) is 0.385. The molecule has 0 unspecified atom stereocenters. The maximum Gasteiger partial charge on any atom is 0.122 e. The molecule has 1 aromatic rings. The molecule has 0 saturated heterocycles. The zero-order chi connectivity index (χ0) is 11.3. The van der Waals surface area contributed by atoms with Crippen molar-refractivity contribution >= 4 is 6.08 Å². The predicted molar refractivity (Wildman–Crippen MR) is 63.2 cm³/mol. The number of ether oxygens (including phenoxy) is 1. The van der Waals surface area contributed by atoms with Crippen LogP contribution < -0.4 is 4.74 Å².